The Balaban J connectivity index is 1.69. The van der Waals surface area contributed by atoms with Crippen LogP contribution in [-0.4, -0.2) is 30.5 Å². The number of allylic oxidation sites excluding steroid dienone is 2. The molecule has 0 N–H and O–H groups in total. The summed E-state index contributed by atoms with van der Waals surface area (Å²) in [5.41, 5.74) is 0. The lowest BCUT2D eigenvalue weighted by atomic mass is 9.80. The van der Waals surface area contributed by atoms with Crippen molar-refractivity contribution in [1.82, 2.24) is 4.90 Å². The van der Waals surface area contributed by atoms with Crippen LogP contribution >= 0.6 is 23.2 Å². The van der Waals surface area contributed by atoms with Gasteiger partial charge in [-0.05, 0) is 68.2 Å². The third-order valence-electron chi connectivity index (χ3n) is 4.59. The van der Waals surface area contributed by atoms with Crippen LogP contribution in [0.15, 0.2) is 36.4 Å². The minimum atomic E-state index is -0.323. The van der Waals surface area contributed by atoms with Gasteiger partial charge in [0.2, 0.25) is 0 Å². The van der Waals surface area contributed by atoms with E-state index >= 15 is 0 Å². The summed E-state index contributed by atoms with van der Waals surface area (Å²) in [6.45, 7) is 0.722. The van der Waals surface area contributed by atoms with E-state index in [1.54, 1.807) is 36.2 Å². The Kier molecular flexibility index (Phi) is 7.93. The number of amides is 1. The van der Waals surface area contributed by atoms with Gasteiger partial charge < -0.3 is 9.64 Å². The van der Waals surface area contributed by atoms with Gasteiger partial charge in [0, 0.05) is 24.5 Å². The molecule has 0 heterocycles. The van der Waals surface area contributed by atoms with E-state index in [0.717, 1.165) is 13.0 Å². The summed E-state index contributed by atoms with van der Waals surface area (Å²) in [7, 11) is 1.78. The number of benzene rings is 1. The minimum Gasteiger partial charge on any atom is -0.410 e. The number of hydrogen-bond donors (Lipinski definition) is 0. The van der Waals surface area contributed by atoms with Crippen LogP contribution in [0.25, 0.3) is 0 Å². The Morgan fingerprint density at radius 2 is 1.92 bits per heavy atom. The Hall–Kier alpha value is -1.19. The Labute approximate surface area is 154 Å². The number of ether oxygens (including phenoxy) is 1. The molecule has 1 aromatic carbocycles. The van der Waals surface area contributed by atoms with Gasteiger partial charge in [-0.3, -0.25) is 0 Å². The fourth-order valence-electron chi connectivity index (χ4n) is 3.06. The van der Waals surface area contributed by atoms with Gasteiger partial charge in [0.25, 0.3) is 0 Å². The molecule has 1 aliphatic carbocycles. The lowest BCUT2D eigenvalue weighted by Crippen LogP contribution is -2.32. The van der Waals surface area contributed by atoms with Crippen molar-refractivity contribution in [2.24, 2.45) is 11.8 Å². The average Bonchev–Trinajstić information content (AvgIpc) is 2.60. The highest BCUT2D eigenvalue weighted by Gasteiger charge is 2.21. The van der Waals surface area contributed by atoms with E-state index in [1.165, 1.54) is 25.7 Å². The van der Waals surface area contributed by atoms with Gasteiger partial charge in [-0.2, -0.15) is 0 Å². The molecule has 1 aliphatic rings. The van der Waals surface area contributed by atoms with Crippen molar-refractivity contribution in [3.05, 3.63) is 41.4 Å². The van der Waals surface area contributed by atoms with Crippen LogP contribution in [0.1, 0.15) is 32.1 Å². The lowest BCUT2D eigenvalue weighted by molar-refractivity contribution is 0.157. The molecule has 0 unspecified atom stereocenters. The van der Waals surface area contributed by atoms with Crippen LogP contribution in [0.5, 0.6) is 5.75 Å². The zero-order valence-electron chi connectivity index (χ0n) is 14.1. The summed E-state index contributed by atoms with van der Waals surface area (Å²) in [6, 6.07) is 6.82. The predicted molar refractivity (Wildman–Crippen MR) is 100 cm³/mol. The van der Waals surface area contributed by atoms with Gasteiger partial charge in [-0.25, -0.2) is 4.79 Å². The molecule has 0 bridgehead atoms. The molecular weight excluding hydrogens is 345 g/mol. The highest BCUT2D eigenvalue weighted by molar-refractivity contribution is 6.30. The maximum absolute atomic E-state index is 12.1. The van der Waals surface area contributed by atoms with Crippen LogP contribution in [0.2, 0.25) is 5.02 Å². The van der Waals surface area contributed by atoms with Crippen molar-refractivity contribution in [3.8, 4) is 5.75 Å². The predicted octanol–water partition coefficient (Wildman–Crippen LogP) is 5.76. The molecule has 0 spiro atoms. The molecule has 2 rings (SSSR count). The first-order chi connectivity index (χ1) is 11.6. The van der Waals surface area contributed by atoms with Crippen molar-refractivity contribution in [2.75, 3.05) is 19.5 Å². The molecule has 0 aromatic heterocycles. The van der Waals surface area contributed by atoms with Gasteiger partial charge in [-0.1, -0.05) is 23.8 Å². The standard InChI is InChI=1S/C19H25Cl2NO2/c1-22(19(23)24-18-10-8-17(21)9-11-18)14-12-16-6-4-15(5-7-16)3-2-13-20/h2-3,8-11,15-16H,4-7,12-14H2,1H3. The molecule has 0 atom stereocenters. The zero-order chi connectivity index (χ0) is 17.4. The van der Waals surface area contributed by atoms with Crippen LogP contribution in [-0.2, 0) is 0 Å². The first kappa shape index (κ1) is 19.1. The zero-order valence-corrected chi connectivity index (χ0v) is 15.6. The van der Waals surface area contributed by atoms with Crippen molar-refractivity contribution in [2.45, 2.75) is 32.1 Å². The van der Waals surface area contributed by atoms with Crippen molar-refractivity contribution >= 4 is 29.3 Å². The van der Waals surface area contributed by atoms with Crippen molar-refractivity contribution in [1.29, 1.82) is 0 Å². The molecule has 132 valence electrons. The van der Waals surface area contributed by atoms with E-state index in [4.69, 9.17) is 27.9 Å². The second-order valence-corrected chi connectivity index (χ2v) is 7.14. The first-order valence-corrected chi connectivity index (χ1v) is 9.41. The van der Waals surface area contributed by atoms with Crippen LogP contribution in [0, 0.1) is 11.8 Å². The smallest absolute Gasteiger partial charge is 0.410 e. The van der Waals surface area contributed by atoms with Crippen LogP contribution in [0.3, 0.4) is 0 Å². The highest BCUT2D eigenvalue weighted by atomic mass is 35.5. The number of alkyl halides is 1. The maximum atomic E-state index is 12.1. The highest BCUT2D eigenvalue weighted by Crippen LogP contribution is 2.31. The molecule has 24 heavy (non-hydrogen) atoms. The summed E-state index contributed by atoms with van der Waals surface area (Å²) in [4.78, 5) is 13.7. The van der Waals surface area contributed by atoms with E-state index in [9.17, 15) is 4.79 Å². The topological polar surface area (TPSA) is 29.5 Å². The monoisotopic (exact) mass is 369 g/mol. The molecule has 3 nitrogen and oxygen atoms in total. The fourth-order valence-corrected chi connectivity index (χ4v) is 3.29. The normalized spacial score (nSPS) is 21.0. The molecule has 0 saturated heterocycles. The summed E-state index contributed by atoms with van der Waals surface area (Å²) in [6.07, 6.45) is 9.88. The molecule has 1 amide bonds. The number of halogens is 2. The largest absolute Gasteiger partial charge is 0.414 e. The molecule has 1 saturated carbocycles. The van der Waals surface area contributed by atoms with E-state index in [0.29, 0.717) is 28.5 Å². The Morgan fingerprint density at radius 1 is 1.25 bits per heavy atom. The number of rotatable bonds is 6. The van der Waals surface area contributed by atoms with E-state index in [2.05, 4.69) is 6.08 Å². The molecule has 0 radical (unpaired) electrons. The van der Waals surface area contributed by atoms with Crippen LogP contribution in [0.4, 0.5) is 4.79 Å². The number of carbonyl (C=O) groups excluding carboxylic acids is 1. The van der Waals surface area contributed by atoms with E-state index in [1.807, 2.05) is 6.08 Å². The summed E-state index contributed by atoms with van der Waals surface area (Å²) < 4.78 is 5.34. The van der Waals surface area contributed by atoms with Gasteiger partial charge in [0.05, 0.1) is 0 Å². The molecule has 5 heteroatoms. The van der Waals surface area contributed by atoms with Crippen molar-refractivity contribution in [3.63, 3.8) is 0 Å². The van der Waals surface area contributed by atoms with Crippen LogP contribution < -0.4 is 4.74 Å². The molecular formula is C19H25Cl2NO2. The second kappa shape index (κ2) is 9.95. The van der Waals surface area contributed by atoms with E-state index in [-0.39, 0.29) is 6.09 Å². The maximum Gasteiger partial charge on any atom is 0.414 e. The van der Waals surface area contributed by atoms with Gasteiger partial charge in [-0.15, -0.1) is 11.6 Å². The number of hydrogen-bond acceptors (Lipinski definition) is 2. The fraction of sp³-hybridized carbons (Fsp3) is 0.526. The van der Waals surface area contributed by atoms with Crippen molar-refractivity contribution < 1.29 is 9.53 Å². The van der Waals surface area contributed by atoms with Gasteiger partial charge >= 0.3 is 6.09 Å². The van der Waals surface area contributed by atoms with Gasteiger partial charge in [0.15, 0.2) is 0 Å². The third kappa shape index (κ3) is 6.37. The average molecular weight is 370 g/mol. The minimum absolute atomic E-state index is 0.323. The Bertz CT molecular complexity index is 537. The molecule has 1 aromatic rings. The summed E-state index contributed by atoms with van der Waals surface area (Å²) >= 11 is 11.5. The third-order valence-corrected chi connectivity index (χ3v) is 5.02. The second-order valence-electron chi connectivity index (χ2n) is 6.40. The lowest BCUT2D eigenvalue weighted by Gasteiger charge is -2.28. The Morgan fingerprint density at radius 3 is 2.54 bits per heavy atom. The number of carbonyl (C=O) groups is 1. The number of nitrogens with zero attached hydrogens (tertiary/aromatic N) is 1. The molecule has 1 fully saturated rings. The molecule has 0 aliphatic heterocycles. The SMILES string of the molecule is CN(CCC1CCC(C=CCCl)CC1)C(=O)Oc1ccc(Cl)cc1. The van der Waals surface area contributed by atoms with Gasteiger partial charge in [0.1, 0.15) is 5.75 Å². The summed E-state index contributed by atoms with van der Waals surface area (Å²) in [5, 5.41) is 0.625. The summed E-state index contributed by atoms with van der Waals surface area (Å²) in [5.74, 6) is 2.48. The van der Waals surface area contributed by atoms with E-state index < -0.39 is 0 Å². The quantitative estimate of drug-likeness (QED) is 0.470. The first-order valence-electron chi connectivity index (χ1n) is 8.49.